The number of rotatable bonds is 2. The standard InChI is InChI=1S/C8H10O3/c1-5(2)3-6-4-7(9)11-8(6)10/h6H,1,3-4H2,2H3/t6-/m1/s1. The number of carbonyl (C=O) groups is 2. The monoisotopic (exact) mass is 154 g/mol. The summed E-state index contributed by atoms with van der Waals surface area (Å²) in [5.74, 6) is -1.10. The van der Waals surface area contributed by atoms with Crippen LogP contribution in [0.4, 0.5) is 0 Å². The summed E-state index contributed by atoms with van der Waals surface area (Å²) in [6.45, 7) is 5.49. The summed E-state index contributed by atoms with van der Waals surface area (Å²) >= 11 is 0. The van der Waals surface area contributed by atoms with Crippen LogP contribution in [0.3, 0.4) is 0 Å². The van der Waals surface area contributed by atoms with Crippen molar-refractivity contribution in [3.63, 3.8) is 0 Å². The molecule has 0 unspecified atom stereocenters. The maximum Gasteiger partial charge on any atom is 0.317 e. The quantitative estimate of drug-likeness (QED) is 0.339. The fourth-order valence-corrected chi connectivity index (χ4v) is 1.10. The molecule has 0 aliphatic carbocycles. The highest BCUT2D eigenvalue weighted by molar-refractivity contribution is 5.94. The van der Waals surface area contributed by atoms with E-state index in [0.29, 0.717) is 6.42 Å². The molecule has 1 heterocycles. The van der Waals surface area contributed by atoms with Gasteiger partial charge in [0.05, 0.1) is 12.3 Å². The minimum absolute atomic E-state index is 0.214. The van der Waals surface area contributed by atoms with E-state index in [9.17, 15) is 9.59 Å². The van der Waals surface area contributed by atoms with Crippen molar-refractivity contribution in [1.29, 1.82) is 0 Å². The molecule has 1 aliphatic rings. The van der Waals surface area contributed by atoms with Crippen LogP contribution >= 0.6 is 0 Å². The van der Waals surface area contributed by atoms with E-state index in [1.54, 1.807) is 0 Å². The van der Waals surface area contributed by atoms with Crippen LogP contribution in [0.15, 0.2) is 12.2 Å². The zero-order chi connectivity index (χ0) is 8.43. The van der Waals surface area contributed by atoms with Gasteiger partial charge in [0.25, 0.3) is 0 Å². The molecule has 11 heavy (non-hydrogen) atoms. The average Bonchev–Trinajstić information content (AvgIpc) is 2.09. The fraction of sp³-hybridized carbons (Fsp3) is 0.500. The predicted octanol–water partition coefficient (Wildman–Crippen LogP) is 1.04. The van der Waals surface area contributed by atoms with Crippen molar-refractivity contribution < 1.29 is 14.3 Å². The SMILES string of the molecule is C=C(C)C[C@@H]1CC(=O)OC1=O. The second-order valence-electron chi connectivity index (χ2n) is 2.86. The molecule has 0 spiro atoms. The lowest BCUT2D eigenvalue weighted by molar-refractivity contribution is -0.153. The number of hydrogen-bond donors (Lipinski definition) is 0. The number of ether oxygens (including phenoxy) is 1. The van der Waals surface area contributed by atoms with Crippen molar-refractivity contribution in [3.05, 3.63) is 12.2 Å². The van der Waals surface area contributed by atoms with E-state index < -0.39 is 11.9 Å². The van der Waals surface area contributed by atoms with Gasteiger partial charge in [0, 0.05) is 0 Å². The maximum atomic E-state index is 10.8. The van der Waals surface area contributed by atoms with Gasteiger partial charge in [-0.25, -0.2) is 0 Å². The molecule has 0 radical (unpaired) electrons. The Labute approximate surface area is 65.0 Å². The average molecular weight is 154 g/mol. The second kappa shape index (κ2) is 2.86. The Balaban J connectivity index is 2.53. The van der Waals surface area contributed by atoms with Crippen LogP contribution in [-0.4, -0.2) is 11.9 Å². The number of esters is 2. The van der Waals surface area contributed by atoms with Gasteiger partial charge in [-0.15, -0.1) is 6.58 Å². The second-order valence-corrected chi connectivity index (χ2v) is 2.86. The van der Waals surface area contributed by atoms with Crippen molar-refractivity contribution >= 4 is 11.9 Å². The number of hydrogen-bond acceptors (Lipinski definition) is 3. The van der Waals surface area contributed by atoms with Crippen LogP contribution in [0.5, 0.6) is 0 Å². The molecule has 0 aromatic carbocycles. The predicted molar refractivity (Wildman–Crippen MR) is 38.6 cm³/mol. The normalized spacial score (nSPS) is 23.5. The molecule has 0 aromatic heterocycles. The molecule has 1 saturated heterocycles. The summed E-state index contributed by atoms with van der Waals surface area (Å²) in [5, 5.41) is 0. The Bertz CT molecular complexity index is 217. The Morgan fingerprint density at radius 2 is 2.36 bits per heavy atom. The van der Waals surface area contributed by atoms with Gasteiger partial charge in [-0.05, 0) is 13.3 Å². The van der Waals surface area contributed by atoms with Gasteiger partial charge in [0.15, 0.2) is 0 Å². The zero-order valence-corrected chi connectivity index (χ0v) is 6.42. The van der Waals surface area contributed by atoms with Crippen molar-refractivity contribution in [2.75, 3.05) is 0 Å². The van der Waals surface area contributed by atoms with Crippen LogP contribution < -0.4 is 0 Å². The topological polar surface area (TPSA) is 43.4 Å². The molecule has 60 valence electrons. The Morgan fingerprint density at radius 3 is 2.73 bits per heavy atom. The van der Waals surface area contributed by atoms with E-state index in [-0.39, 0.29) is 12.3 Å². The van der Waals surface area contributed by atoms with Crippen LogP contribution in [0, 0.1) is 5.92 Å². The van der Waals surface area contributed by atoms with Crippen molar-refractivity contribution in [2.24, 2.45) is 5.92 Å². The molecule has 3 nitrogen and oxygen atoms in total. The lowest BCUT2D eigenvalue weighted by atomic mass is 10.0. The minimum Gasteiger partial charge on any atom is -0.393 e. The maximum absolute atomic E-state index is 10.8. The van der Waals surface area contributed by atoms with E-state index in [2.05, 4.69) is 11.3 Å². The smallest absolute Gasteiger partial charge is 0.317 e. The lowest BCUT2D eigenvalue weighted by Gasteiger charge is -2.01. The molecule has 1 atom stereocenters. The Hall–Kier alpha value is -1.12. The molecule has 0 aromatic rings. The summed E-state index contributed by atoms with van der Waals surface area (Å²) in [7, 11) is 0. The minimum atomic E-state index is -0.416. The molecule has 0 saturated carbocycles. The third-order valence-electron chi connectivity index (χ3n) is 1.56. The van der Waals surface area contributed by atoms with Gasteiger partial charge in [-0.1, -0.05) is 5.57 Å². The summed E-state index contributed by atoms with van der Waals surface area (Å²) in [6, 6.07) is 0. The van der Waals surface area contributed by atoms with Crippen LogP contribution in [0.1, 0.15) is 19.8 Å². The van der Waals surface area contributed by atoms with Gasteiger partial charge >= 0.3 is 11.9 Å². The molecular formula is C8H10O3. The first-order chi connectivity index (χ1) is 5.09. The lowest BCUT2D eigenvalue weighted by Crippen LogP contribution is -2.07. The van der Waals surface area contributed by atoms with Crippen molar-refractivity contribution in [3.8, 4) is 0 Å². The van der Waals surface area contributed by atoms with E-state index in [1.165, 1.54) is 0 Å². The molecule has 0 amide bonds. The number of cyclic esters (lactones) is 2. The summed E-state index contributed by atoms with van der Waals surface area (Å²) in [5.41, 5.74) is 0.904. The number of carbonyl (C=O) groups excluding carboxylic acids is 2. The van der Waals surface area contributed by atoms with E-state index in [0.717, 1.165) is 5.57 Å². The highest BCUT2D eigenvalue weighted by Crippen LogP contribution is 2.22. The molecular weight excluding hydrogens is 144 g/mol. The highest BCUT2D eigenvalue weighted by Gasteiger charge is 2.32. The molecule has 1 aliphatic heterocycles. The van der Waals surface area contributed by atoms with Gasteiger partial charge < -0.3 is 4.74 Å². The fourth-order valence-electron chi connectivity index (χ4n) is 1.10. The largest absolute Gasteiger partial charge is 0.393 e. The zero-order valence-electron chi connectivity index (χ0n) is 6.42. The third-order valence-corrected chi connectivity index (χ3v) is 1.56. The number of allylic oxidation sites excluding steroid dienone is 1. The van der Waals surface area contributed by atoms with Crippen molar-refractivity contribution in [2.45, 2.75) is 19.8 Å². The third kappa shape index (κ3) is 1.90. The Morgan fingerprint density at radius 1 is 1.73 bits per heavy atom. The van der Waals surface area contributed by atoms with Gasteiger partial charge in [0.2, 0.25) is 0 Å². The summed E-state index contributed by atoms with van der Waals surface area (Å²) in [6.07, 6.45) is 0.774. The molecule has 0 bridgehead atoms. The van der Waals surface area contributed by atoms with Crippen LogP contribution in [-0.2, 0) is 14.3 Å². The van der Waals surface area contributed by atoms with Crippen LogP contribution in [0.25, 0.3) is 0 Å². The van der Waals surface area contributed by atoms with Gasteiger partial charge in [-0.3, -0.25) is 9.59 Å². The van der Waals surface area contributed by atoms with Crippen LogP contribution in [0.2, 0.25) is 0 Å². The van der Waals surface area contributed by atoms with Crippen molar-refractivity contribution in [1.82, 2.24) is 0 Å². The summed E-state index contributed by atoms with van der Waals surface area (Å²) < 4.78 is 4.36. The molecule has 1 fully saturated rings. The van der Waals surface area contributed by atoms with E-state index in [1.807, 2.05) is 6.92 Å². The summed E-state index contributed by atoms with van der Waals surface area (Å²) in [4.78, 5) is 21.4. The first kappa shape index (κ1) is 7.98. The molecule has 1 rings (SSSR count). The first-order valence-electron chi connectivity index (χ1n) is 3.48. The van der Waals surface area contributed by atoms with Gasteiger partial charge in [0.1, 0.15) is 0 Å². The molecule has 0 N–H and O–H groups in total. The van der Waals surface area contributed by atoms with Gasteiger partial charge in [-0.2, -0.15) is 0 Å². The van der Waals surface area contributed by atoms with E-state index in [4.69, 9.17) is 0 Å². The first-order valence-corrected chi connectivity index (χ1v) is 3.48. The highest BCUT2D eigenvalue weighted by atomic mass is 16.6. The molecule has 3 heteroatoms. The Kier molecular flexibility index (Phi) is 2.08. The van der Waals surface area contributed by atoms with E-state index >= 15 is 0 Å².